The molecule has 0 saturated heterocycles. The summed E-state index contributed by atoms with van der Waals surface area (Å²) in [6, 6.07) is 9.11. The Bertz CT molecular complexity index is 424. The van der Waals surface area contributed by atoms with Crippen molar-refractivity contribution in [2.45, 2.75) is 71.6 Å². The lowest BCUT2D eigenvalue weighted by molar-refractivity contribution is 0.223. The predicted octanol–water partition coefficient (Wildman–Crippen LogP) is 6.77. The van der Waals surface area contributed by atoms with Crippen LogP contribution in [0.3, 0.4) is 0 Å². The van der Waals surface area contributed by atoms with Gasteiger partial charge in [0.25, 0.3) is 0 Å². The van der Waals surface area contributed by atoms with E-state index in [4.69, 9.17) is 11.6 Å². The van der Waals surface area contributed by atoms with Crippen LogP contribution in [-0.4, -0.2) is 0 Å². The zero-order chi connectivity index (χ0) is 15.5. The SMILES string of the molecule is CC(C)Cc1ccc(C(Cl)C2(CC(C)C)CCCC2)cc1. The molecule has 1 heteroatoms. The van der Waals surface area contributed by atoms with Crippen molar-refractivity contribution >= 4 is 11.6 Å². The molecular formula is C20H31Cl. The minimum Gasteiger partial charge on any atom is -0.117 e. The third-order valence-electron chi connectivity index (χ3n) is 4.87. The number of benzene rings is 1. The molecule has 0 aromatic heterocycles. The van der Waals surface area contributed by atoms with Crippen molar-refractivity contribution in [2.75, 3.05) is 0 Å². The Morgan fingerprint density at radius 1 is 0.952 bits per heavy atom. The molecule has 1 saturated carbocycles. The maximum atomic E-state index is 6.97. The normalized spacial score (nSPS) is 19.4. The highest BCUT2D eigenvalue weighted by Gasteiger charge is 2.41. The molecule has 1 fully saturated rings. The number of rotatable bonds is 6. The van der Waals surface area contributed by atoms with Gasteiger partial charge < -0.3 is 0 Å². The van der Waals surface area contributed by atoms with Gasteiger partial charge in [-0.2, -0.15) is 0 Å². The van der Waals surface area contributed by atoms with Crippen LogP contribution in [-0.2, 0) is 6.42 Å². The van der Waals surface area contributed by atoms with Crippen molar-refractivity contribution in [2.24, 2.45) is 17.3 Å². The van der Waals surface area contributed by atoms with E-state index >= 15 is 0 Å². The number of hydrogen-bond donors (Lipinski definition) is 0. The van der Waals surface area contributed by atoms with Gasteiger partial charge in [0.05, 0.1) is 5.38 Å². The smallest absolute Gasteiger partial charge is 0.0641 e. The van der Waals surface area contributed by atoms with Crippen molar-refractivity contribution in [3.05, 3.63) is 35.4 Å². The lowest BCUT2D eigenvalue weighted by atomic mass is 9.73. The molecule has 1 atom stereocenters. The van der Waals surface area contributed by atoms with Crippen LogP contribution in [0.2, 0.25) is 0 Å². The quantitative estimate of drug-likeness (QED) is 0.509. The Balaban J connectivity index is 2.15. The molecule has 1 aliphatic rings. The molecule has 0 amide bonds. The molecule has 1 aromatic rings. The van der Waals surface area contributed by atoms with Crippen LogP contribution >= 0.6 is 11.6 Å². The van der Waals surface area contributed by atoms with Crippen LogP contribution in [0.5, 0.6) is 0 Å². The summed E-state index contributed by atoms with van der Waals surface area (Å²) in [5.41, 5.74) is 3.09. The van der Waals surface area contributed by atoms with Gasteiger partial charge in [0.1, 0.15) is 0 Å². The summed E-state index contributed by atoms with van der Waals surface area (Å²) >= 11 is 6.97. The Hall–Kier alpha value is -0.490. The first kappa shape index (κ1) is 16.9. The number of halogens is 1. The highest BCUT2D eigenvalue weighted by Crippen LogP contribution is 2.54. The predicted molar refractivity (Wildman–Crippen MR) is 93.9 cm³/mol. The highest BCUT2D eigenvalue weighted by molar-refractivity contribution is 6.21. The Kier molecular flexibility index (Phi) is 5.77. The Morgan fingerprint density at radius 2 is 1.52 bits per heavy atom. The standard InChI is InChI=1S/C20H31Cl/c1-15(2)13-17-7-9-18(10-8-17)19(21)20(14-16(3)4)11-5-6-12-20/h7-10,15-16,19H,5-6,11-14H2,1-4H3. The second-order valence-corrected chi connectivity index (χ2v) is 8.31. The van der Waals surface area contributed by atoms with E-state index in [0.29, 0.717) is 11.3 Å². The van der Waals surface area contributed by atoms with Gasteiger partial charge >= 0.3 is 0 Å². The minimum absolute atomic E-state index is 0.176. The van der Waals surface area contributed by atoms with E-state index in [2.05, 4.69) is 52.0 Å². The number of alkyl halides is 1. The minimum atomic E-state index is 0.176. The summed E-state index contributed by atoms with van der Waals surface area (Å²) < 4.78 is 0. The molecule has 0 spiro atoms. The lowest BCUT2D eigenvalue weighted by Gasteiger charge is -2.36. The molecule has 0 N–H and O–H groups in total. The van der Waals surface area contributed by atoms with Gasteiger partial charge in [-0.15, -0.1) is 11.6 Å². The van der Waals surface area contributed by atoms with Gasteiger partial charge in [-0.05, 0) is 54.1 Å². The summed E-state index contributed by atoms with van der Waals surface area (Å²) in [5.74, 6) is 1.44. The van der Waals surface area contributed by atoms with Crippen LogP contribution in [0.15, 0.2) is 24.3 Å². The molecule has 0 bridgehead atoms. The molecule has 118 valence electrons. The average Bonchev–Trinajstić information content (AvgIpc) is 2.87. The third-order valence-corrected chi connectivity index (χ3v) is 5.58. The van der Waals surface area contributed by atoms with E-state index in [1.165, 1.54) is 43.2 Å². The largest absolute Gasteiger partial charge is 0.117 e. The first-order chi connectivity index (χ1) is 9.93. The Morgan fingerprint density at radius 3 is 2.00 bits per heavy atom. The van der Waals surface area contributed by atoms with Crippen molar-refractivity contribution in [3.8, 4) is 0 Å². The fourth-order valence-electron chi connectivity index (χ4n) is 4.10. The molecule has 1 unspecified atom stereocenters. The van der Waals surface area contributed by atoms with Crippen LogP contribution in [0.25, 0.3) is 0 Å². The third kappa shape index (κ3) is 4.25. The summed E-state index contributed by atoms with van der Waals surface area (Å²) in [6.45, 7) is 9.20. The summed E-state index contributed by atoms with van der Waals surface area (Å²) in [7, 11) is 0. The van der Waals surface area contributed by atoms with Gasteiger partial charge in [0.2, 0.25) is 0 Å². The summed E-state index contributed by atoms with van der Waals surface area (Å²) in [5, 5.41) is 0.176. The maximum absolute atomic E-state index is 6.97. The van der Waals surface area contributed by atoms with E-state index in [1.807, 2.05) is 0 Å². The second-order valence-electron chi connectivity index (χ2n) is 7.87. The maximum Gasteiger partial charge on any atom is 0.0641 e. The fourth-order valence-corrected chi connectivity index (χ4v) is 4.55. The topological polar surface area (TPSA) is 0 Å². The van der Waals surface area contributed by atoms with Crippen LogP contribution in [0.4, 0.5) is 0 Å². The van der Waals surface area contributed by atoms with E-state index in [0.717, 1.165) is 12.3 Å². The lowest BCUT2D eigenvalue weighted by Crippen LogP contribution is -2.24. The van der Waals surface area contributed by atoms with Crippen molar-refractivity contribution in [1.29, 1.82) is 0 Å². The average molecular weight is 307 g/mol. The zero-order valence-electron chi connectivity index (χ0n) is 14.2. The van der Waals surface area contributed by atoms with Gasteiger partial charge in [0, 0.05) is 0 Å². The van der Waals surface area contributed by atoms with Crippen LogP contribution in [0, 0.1) is 17.3 Å². The molecule has 1 aliphatic carbocycles. The molecule has 1 aromatic carbocycles. The second kappa shape index (κ2) is 7.18. The van der Waals surface area contributed by atoms with Crippen molar-refractivity contribution in [1.82, 2.24) is 0 Å². The van der Waals surface area contributed by atoms with Crippen LogP contribution in [0.1, 0.15) is 76.3 Å². The molecule has 0 heterocycles. The fraction of sp³-hybridized carbons (Fsp3) is 0.700. The van der Waals surface area contributed by atoms with E-state index in [-0.39, 0.29) is 5.38 Å². The first-order valence-corrected chi connectivity index (χ1v) is 9.09. The number of hydrogen-bond acceptors (Lipinski definition) is 0. The molecule has 2 rings (SSSR count). The van der Waals surface area contributed by atoms with Crippen molar-refractivity contribution in [3.63, 3.8) is 0 Å². The highest BCUT2D eigenvalue weighted by atomic mass is 35.5. The molecule has 0 nitrogen and oxygen atoms in total. The van der Waals surface area contributed by atoms with E-state index in [9.17, 15) is 0 Å². The van der Waals surface area contributed by atoms with Gasteiger partial charge in [-0.3, -0.25) is 0 Å². The summed E-state index contributed by atoms with van der Waals surface area (Å²) in [6.07, 6.45) is 7.71. The van der Waals surface area contributed by atoms with Gasteiger partial charge in [-0.25, -0.2) is 0 Å². The van der Waals surface area contributed by atoms with Crippen LogP contribution < -0.4 is 0 Å². The molecular weight excluding hydrogens is 276 g/mol. The van der Waals surface area contributed by atoms with Gasteiger partial charge in [-0.1, -0.05) is 64.8 Å². The first-order valence-electron chi connectivity index (χ1n) is 8.66. The Labute approximate surface area is 136 Å². The van der Waals surface area contributed by atoms with Crippen molar-refractivity contribution < 1.29 is 0 Å². The molecule has 0 radical (unpaired) electrons. The monoisotopic (exact) mass is 306 g/mol. The van der Waals surface area contributed by atoms with E-state index in [1.54, 1.807) is 0 Å². The van der Waals surface area contributed by atoms with E-state index < -0.39 is 0 Å². The molecule has 0 aliphatic heterocycles. The summed E-state index contributed by atoms with van der Waals surface area (Å²) in [4.78, 5) is 0. The zero-order valence-corrected chi connectivity index (χ0v) is 14.9. The van der Waals surface area contributed by atoms with Gasteiger partial charge in [0.15, 0.2) is 0 Å². The molecule has 21 heavy (non-hydrogen) atoms.